The van der Waals surface area contributed by atoms with Crippen molar-refractivity contribution in [1.82, 2.24) is 0 Å². The van der Waals surface area contributed by atoms with E-state index in [2.05, 4.69) is 0 Å². The molecule has 0 unspecified atom stereocenters. The van der Waals surface area contributed by atoms with Crippen LogP contribution in [0.2, 0.25) is 0 Å². The maximum absolute atomic E-state index is 9.00. The van der Waals surface area contributed by atoms with E-state index in [0.717, 1.165) is 6.92 Å². The van der Waals surface area contributed by atoms with E-state index in [4.69, 9.17) is 53.3 Å². The monoisotopic (exact) mass is 410 g/mol. The molecule has 0 aliphatic rings. The first-order valence-electron chi connectivity index (χ1n) is 5.83. The SMILES string of the molecule is CC(=O)O.NCCO.NCCO.NCCO.NCCO.[Pd]. The number of nitrogens with two attached hydrogens (primary N) is 4. The van der Waals surface area contributed by atoms with Gasteiger partial charge in [-0.3, -0.25) is 4.79 Å². The smallest absolute Gasteiger partial charge is 0.300 e. The molecule has 138 valence electrons. The van der Waals surface area contributed by atoms with Gasteiger partial charge in [-0.2, -0.15) is 0 Å². The van der Waals surface area contributed by atoms with Crippen LogP contribution in [-0.4, -0.2) is 84.1 Å². The summed E-state index contributed by atoms with van der Waals surface area (Å²) in [5.41, 5.74) is 19.1. The fourth-order valence-electron chi connectivity index (χ4n) is 0. The Morgan fingerprint density at radius 1 is 0.714 bits per heavy atom. The minimum Gasteiger partial charge on any atom is -0.481 e. The molecule has 10 nitrogen and oxygen atoms in total. The summed E-state index contributed by atoms with van der Waals surface area (Å²) in [6, 6.07) is 0. The molecule has 0 radical (unpaired) electrons. The van der Waals surface area contributed by atoms with Gasteiger partial charge in [0.2, 0.25) is 0 Å². The van der Waals surface area contributed by atoms with E-state index < -0.39 is 5.97 Å². The Labute approximate surface area is 139 Å². The fraction of sp³-hybridized carbons (Fsp3) is 0.900. The molecule has 0 spiro atoms. The third-order valence-electron chi connectivity index (χ3n) is 0.516. The van der Waals surface area contributed by atoms with E-state index in [-0.39, 0.29) is 46.9 Å². The summed E-state index contributed by atoms with van der Waals surface area (Å²) in [6.07, 6.45) is 0. The molecule has 0 aliphatic heterocycles. The number of carbonyl (C=O) groups is 1. The van der Waals surface area contributed by atoms with E-state index >= 15 is 0 Å². The maximum Gasteiger partial charge on any atom is 0.300 e. The van der Waals surface area contributed by atoms with Crippen molar-refractivity contribution >= 4 is 5.97 Å². The van der Waals surface area contributed by atoms with Crippen LogP contribution in [0, 0.1) is 0 Å². The molecule has 0 heterocycles. The normalized spacial score (nSPS) is 6.90. The second kappa shape index (κ2) is 60.0. The summed E-state index contributed by atoms with van der Waals surface area (Å²) < 4.78 is 0. The van der Waals surface area contributed by atoms with Crippen LogP contribution in [0.1, 0.15) is 6.92 Å². The van der Waals surface area contributed by atoms with Gasteiger partial charge in [-0.05, 0) is 0 Å². The van der Waals surface area contributed by atoms with E-state index in [1.54, 1.807) is 0 Å². The second-order valence-electron chi connectivity index (χ2n) is 2.57. The number of hydrogen-bond donors (Lipinski definition) is 9. The summed E-state index contributed by atoms with van der Waals surface area (Å²) >= 11 is 0. The number of aliphatic hydroxyl groups is 4. The Morgan fingerprint density at radius 2 is 0.762 bits per heavy atom. The van der Waals surface area contributed by atoms with E-state index in [1.807, 2.05) is 0 Å². The molecule has 13 N–H and O–H groups in total. The molecule has 0 bridgehead atoms. The molecule has 0 fully saturated rings. The van der Waals surface area contributed by atoms with Gasteiger partial charge in [0, 0.05) is 53.5 Å². The van der Waals surface area contributed by atoms with Crippen LogP contribution in [0.15, 0.2) is 0 Å². The summed E-state index contributed by atoms with van der Waals surface area (Å²) in [7, 11) is 0. The van der Waals surface area contributed by atoms with Crippen molar-refractivity contribution in [2.75, 3.05) is 52.6 Å². The zero-order valence-corrected chi connectivity index (χ0v) is 14.0. The molecule has 0 saturated heterocycles. The summed E-state index contributed by atoms with van der Waals surface area (Å²) in [5, 5.41) is 38.4. The molecule has 21 heavy (non-hydrogen) atoms. The number of carboxylic acid groups (broad SMARTS) is 1. The number of rotatable bonds is 4. The van der Waals surface area contributed by atoms with Crippen LogP contribution >= 0.6 is 0 Å². The van der Waals surface area contributed by atoms with Crippen LogP contribution in [0.3, 0.4) is 0 Å². The van der Waals surface area contributed by atoms with Crippen molar-refractivity contribution in [2.24, 2.45) is 22.9 Å². The van der Waals surface area contributed by atoms with Gasteiger partial charge in [0.25, 0.3) is 5.97 Å². The van der Waals surface area contributed by atoms with Crippen molar-refractivity contribution < 1.29 is 50.7 Å². The summed E-state index contributed by atoms with van der Waals surface area (Å²) in [4.78, 5) is 9.00. The summed E-state index contributed by atoms with van der Waals surface area (Å²) in [5.74, 6) is -0.833. The average Bonchev–Trinajstić information content (AvgIpc) is 2.47. The Balaban J connectivity index is -0.0000000331. The molecule has 11 heteroatoms. The third-order valence-corrected chi connectivity index (χ3v) is 0.516. The van der Waals surface area contributed by atoms with Crippen molar-refractivity contribution in [1.29, 1.82) is 0 Å². The Kier molecular flexibility index (Phi) is 106. The Morgan fingerprint density at radius 3 is 0.762 bits per heavy atom. The largest absolute Gasteiger partial charge is 0.481 e. The van der Waals surface area contributed by atoms with Crippen molar-refractivity contribution in [3.8, 4) is 0 Å². The zero-order valence-electron chi connectivity index (χ0n) is 12.4. The molecule has 0 aromatic rings. The first-order valence-corrected chi connectivity index (χ1v) is 5.83. The van der Waals surface area contributed by atoms with Crippen LogP contribution in [0.25, 0.3) is 0 Å². The van der Waals surface area contributed by atoms with Crippen LogP contribution < -0.4 is 22.9 Å². The van der Waals surface area contributed by atoms with Gasteiger partial charge in [-0.15, -0.1) is 0 Å². The molecular weight excluding hydrogens is 379 g/mol. The summed E-state index contributed by atoms with van der Waals surface area (Å²) in [6.45, 7) is 2.97. The Bertz CT molecular complexity index is 110. The number of carboxylic acids is 1. The molecule has 0 saturated carbocycles. The van der Waals surface area contributed by atoms with Crippen LogP contribution in [0.4, 0.5) is 0 Å². The van der Waals surface area contributed by atoms with Gasteiger partial charge in [0.15, 0.2) is 0 Å². The average molecular weight is 411 g/mol. The standard InChI is InChI=1S/4C2H7NO.C2H4O2.Pd/c4*3-1-2-4;1-2(3)4;/h4*4H,1-3H2;1H3,(H,3,4);. The molecule has 0 aromatic carbocycles. The maximum atomic E-state index is 9.00. The molecule has 0 amide bonds. The first kappa shape index (κ1) is 37.2. The van der Waals surface area contributed by atoms with E-state index in [1.165, 1.54) is 0 Å². The molecule has 0 aromatic heterocycles. The fourth-order valence-corrected chi connectivity index (χ4v) is 0. The van der Waals surface area contributed by atoms with Crippen LogP contribution in [-0.2, 0) is 25.2 Å². The minimum atomic E-state index is -0.833. The van der Waals surface area contributed by atoms with Gasteiger partial charge in [-0.25, -0.2) is 0 Å². The van der Waals surface area contributed by atoms with Gasteiger partial charge in [-0.1, -0.05) is 0 Å². The molecule has 0 rings (SSSR count). The van der Waals surface area contributed by atoms with E-state index in [9.17, 15) is 0 Å². The van der Waals surface area contributed by atoms with Gasteiger partial charge in [0.1, 0.15) is 0 Å². The Hall–Kier alpha value is -0.188. The topological polar surface area (TPSA) is 222 Å². The zero-order chi connectivity index (χ0) is 17.2. The molecule has 0 aliphatic carbocycles. The van der Waals surface area contributed by atoms with Crippen molar-refractivity contribution in [2.45, 2.75) is 6.92 Å². The second-order valence-corrected chi connectivity index (χ2v) is 2.57. The quantitative estimate of drug-likeness (QED) is 0.203. The van der Waals surface area contributed by atoms with Crippen molar-refractivity contribution in [3.63, 3.8) is 0 Å². The van der Waals surface area contributed by atoms with Gasteiger partial charge >= 0.3 is 0 Å². The van der Waals surface area contributed by atoms with E-state index in [0.29, 0.717) is 26.2 Å². The number of hydrogen-bond acceptors (Lipinski definition) is 9. The third kappa shape index (κ3) is 433. The van der Waals surface area contributed by atoms with Gasteiger partial charge in [0.05, 0.1) is 26.4 Å². The predicted molar refractivity (Wildman–Crippen MR) is 77.9 cm³/mol. The number of aliphatic hydroxyl groups excluding tert-OH is 4. The molecular formula is C10H32N4O6Pd. The van der Waals surface area contributed by atoms with Crippen molar-refractivity contribution in [3.05, 3.63) is 0 Å². The predicted octanol–water partition coefficient (Wildman–Crippen LogP) is -4.16. The first-order chi connectivity index (χ1) is 9.39. The van der Waals surface area contributed by atoms with Crippen LogP contribution in [0.5, 0.6) is 0 Å². The number of aliphatic carboxylic acids is 1. The minimum absolute atomic E-state index is 0. The molecule has 0 atom stereocenters. The van der Waals surface area contributed by atoms with Gasteiger partial charge < -0.3 is 48.5 Å².